The van der Waals surface area contributed by atoms with Crippen LogP contribution in [0.5, 0.6) is 0 Å². The quantitative estimate of drug-likeness (QED) is 0.850. The molecule has 0 amide bonds. The molecule has 1 aliphatic heterocycles. The number of aromatic nitrogens is 1. The predicted octanol–water partition coefficient (Wildman–Crippen LogP) is 2.04. The van der Waals surface area contributed by atoms with E-state index in [-0.39, 0.29) is 0 Å². The number of rotatable bonds is 6. The monoisotopic (exact) mass is 262 g/mol. The highest BCUT2D eigenvalue weighted by atomic mass is 15.2. The van der Waals surface area contributed by atoms with E-state index in [0.717, 1.165) is 31.5 Å². The zero-order valence-corrected chi connectivity index (χ0v) is 12.4. The fourth-order valence-electron chi connectivity index (χ4n) is 2.75. The van der Waals surface area contributed by atoms with Crippen LogP contribution in [0.1, 0.15) is 25.3 Å². The third-order valence-corrected chi connectivity index (χ3v) is 3.83. The molecule has 0 radical (unpaired) electrons. The Balaban J connectivity index is 1.82. The fraction of sp³-hybridized carbons (Fsp3) is 0.667. The zero-order chi connectivity index (χ0) is 13.7. The molecular formula is C15H26N4. The molecule has 1 fully saturated rings. The highest BCUT2D eigenvalue weighted by molar-refractivity contribution is 5.35. The van der Waals surface area contributed by atoms with Gasteiger partial charge in [-0.1, -0.05) is 6.07 Å². The molecule has 1 atom stereocenters. The average molecular weight is 262 g/mol. The lowest BCUT2D eigenvalue weighted by atomic mass is 10.2. The normalized spacial score (nSPS) is 20.1. The first kappa shape index (κ1) is 14.3. The number of nitrogens with one attached hydrogen (secondary N) is 1. The van der Waals surface area contributed by atoms with Crippen LogP contribution in [0.25, 0.3) is 0 Å². The molecule has 1 aliphatic rings. The van der Waals surface area contributed by atoms with E-state index in [9.17, 15) is 0 Å². The van der Waals surface area contributed by atoms with Gasteiger partial charge in [-0.2, -0.15) is 0 Å². The molecule has 2 rings (SSSR count). The van der Waals surface area contributed by atoms with Crippen LogP contribution in [0.3, 0.4) is 0 Å². The van der Waals surface area contributed by atoms with Gasteiger partial charge < -0.3 is 15.1 Å². The van der Waals surface area contributed by atoms with Crippen molar-refractivity contribution in [2.45, 2.75) is 32.4 Å². The second-order valence-corrected chi connectivity index (χ2v) is 5.56. The van der Waals surface area contributed by atoms with Crippen LogP contribution >= 0.6 is 0 Å². The first-order chi connectivity index (χ1) is 9.19. The number of pyridine rings is 1. The number of nitrogens with zero attached hydrogens (tertiary/aromatic N) is 3. The molecule has 1 aromatic heterocycles. The smallest absolute Gasteiger partial charge is 0.125 e. The number of hydrogen-bond donors (Lipinski definition) is 1. The highest BCUT2D eigenvalue weighted by Gasteiger charge is 2.21. The first-order valence-electron chi connectivity index (χ1n) is 7.26. The van der Waals surface area contributed by atoms with E-state index < -0.39 is 0 Å². The predicted molar refractivity (Wildman–Crippen MR) is 80.4 cm³/mol. The second kappa shape index (κ2) is 6.87. The number of hydrogen-bond acceptors (Lipinski definition) is 4. The molecule has 0 spiro atoms. The molecule has 1 aromatic rings. The van der Waals surface area contributed by atoms with Crippen molar-refractivity contribution >= 4 is 5.82 Å². The van der Waals surface area contributed by atoms with Crippen LogP contribution in [0.2, 0.25) is 0 Å². The lowest BCUT2D eigenvalue weighted by Crippen LogP contribution is -2.36. The minimum absolute atomic E-state index is 0.721. The van der Waals surface area contributed by atoms with E-state index in [1.165, 1.54) is 24.9 Å². The van der Waals surface area contributed by atoms with Crippen molar-refractivity contribution in [1.82, 2.24) is 14.8 Å². The molecule has 0 saturated carbocycles. The molecule has 1 N–H and O–H groups in total. The molecule has 4 heteroatoms. The SMILES string of the molecule is CCNc1ccc(CN(C)CC2CCCN2C)cn1. The summed E-state index contributed by atoms with van der Waals surface area (Å²) in [4.78, 5) is 9.29. The Hall–Kier alpha value is -1.13. The third-order valence-electron chi connectivity index (χ3n) is 3.83. The van der Waals surface area contributed by atoms with Crippen LogP contribution < -0.4 is 5.32 Å². The van der Waals surface area contributed by atoms with Crippen molar-refractivity contribution in [1.29, 1.82) is 0 Å². The van der Waals surface area contributed by atoms with Crippen LogP contribution in [0.4, 0.5) is 5.82 Å². The van der Waals surface area contributed by atoms with Gasteiger partial charge in [0.2, 0.25) is 0 Å². The Kier molecular flexibility index (Phi) is 5.16. The van der Waals surface area contributed by atoms with Crippen LogP contribution in [0.15, 0.2) is 18.3 Å². The van der Waals surface area contributed by atoms with E-state index in [4.69, 9.17) is 0 Å². The van der Waals surface area contributed by atoms with Gasteiger partial charge in [0.1, 0.15) is 5.82 Å². The topological polar surface area (TPSA) is 31.4 Å². The van der Waals surface area contributed by atoms with E-state index in [2.05, 4.69) is 53.3 Å². The molecule has 2 heterocycles. The van der Waals surface area contributed by atoms with Crippen LogP contribution in [0, 0.1) is 0 Å². The minimum atomic E-state index is 0.721. The summed E-state index contributed by atoms with van der Waals surface area (Å²) in [6.45, 7) is 6.37. The molecule has 1 unspecified atom stereocenters. The van der Waals surface area contributed by atoms with E-state index in [0.29, 0.717) is 0 Å². The summed E-state index contributed by atoms with van der Waals surface area (Å²) in [6.07, 6.45) is 4.65. The standard InChI is InChI=1S/C15H26N4/c1-4-16-15-8-7-13(10-17-15)11-18(2)12-14-6-5-9-19(14)3/h7-8,10,14H,4-6,9,11-12H2,1-3H3,(H,16,17). The summed E-state index contributed by atoms with van der Waals surface area (Å²) >= 11 is 0. The molecule has 0 aliphatic carbocycles. The van der Waals surface area contributed by atoms with Crippen molar-refractivity contribution < 1.29 is 0 Å². The Labute approximate surface area is 116 Å². The van der Waals surface area contributed by atoms with Gasteiger partial charge in [-0.15, -0.1) is 0 Å². The lowest BCUT2D eigenvalue weighted by molar-refractivity contribution is 0.215. The molecule has 0 aromatic carbocycles. The summed E-state index contributed by atoms with van der Waals surface area (Å²) in [5.74, 6) is 0.962. The second-order valence-electron chi connectivity index (χ2n) is 5.56. The first-order valence-corrected chi connectivity index (χ1v) is 7.26. The van der Waals surface area contributed by atoms with Gasteiger partial charge in [-0.05, 0) is 52.0 Å². The number of likely N-dealkylation sites (N-methyl/N-ethyl adjacent to an activating group) is 2. The highest BCUT2D eigenvalue weighted by Crippen LogP contribution is 2.16. The van der Waals surface area contributed by atoms with E-state index >= 15 is 0 Å². The van der Waals surface area contributed by atoms with Crippen LogP contribution in [-0.4, -0.2) is 54.6 Å². The van der Waals surface area contributed by atoms with Gasteiger partial charge in [0.25, 0.3) is 0 Å². The maximum Gasteiger partial charge on any atom is 0.125 e. The minimum Gasteiger partial charge on any atom is -0.370 e. The summed E-state index contributed by atoms with van der Waals surface area (Å²) in [5.41, 5.74) is 1.28. The lowest BCUT2D eigenvalue weighted by Gasteiger charge is -2.25. The van der Waals surface area contributed by atoms with Crippen molar-refractivity contribution in [3.63, 3.8) is 0 Å². The maximum absolute atomic E-state index is 4.42. The zero-order valence-electron chi connectivity index (χ0n) is 12.4. The summed E-state index contributed by atoms with van der Waals surface area (Å²) in [7, 11) is 4.43. The van der Waals surface area contributed by atoms with Crippen LogP contribution in [-0.2, 0) is 6.54 Å². The number of anilines is 1. The molecule has 106 valence electrons. The molecule has 19 heavy (non-hydrogen) atoms. The summed E-state index contributed by atoms with van der Waals surface area (Å²) < 4.78 is 0. The Morgan fingerprint density at radius 1 is 1.47 bits per heavy atom. The fourth-order valence-corrected chi connectivity index (χ4v) is 2.75. The van der Waals surface area contributed by atoms with Crippen molar-refractivity contribution in [2.24, 2.45) is 0 Å². The molecular weight excluding hydrogens is 236 g/mol. The summed E-state index contributed by atoms with van der Waals surface area (Å²) in [6, 6.07) is 4.95. The third kappa shape index (κ3) is 4.18. The molecule has 4 nitrogen and oxygen atoms in total. The van der Waals surface area contributed by atoms with Gasteiger partial charge >= 0.3 is 0 Å². The summed E-state index contributed by atoms with van der Waals surface area (Å²) in [5, 5.41) is 3.22. The average Bonchev–Trinajstić information content (AvgIpc) is 2.78. The van der Waals surface area contributed by atoms with Gasteiger partial charge in [-0.25, -0.2) is 4.98 Å². The van der Waals surface area contributed by atoms with Crippen molar-refractivity contribution in [2.75, 3.05) is 39.0 Å². The molecule has 1 saturated heterocycles. The Morgan fingerprint density at radius 2 is 2.32 bits per heavy atom. The number of likely N-dealkylation sites (tertiary alicyclic amines) is 1. The molecule has 0 bridgehead atoms. The largest absolute Gasteiger partial charge is 0.370 e. The van der Waals surface area contributed by atoms with Gasteiger partial charge in [-0.3, -0.25) is 0 Å². The Bertz CT molecular complexity index is 376. The maximum atomic E-state index is 4.42. The van der Waals surface area contributed by atoms with Gasteiger partial charge in [0.15, 0.2) is 0 Å². The Morgan fingerprint density at radius 3 is 2.89 bits per heavy atom. The van der Waals surface area contributed by atoms with E-state index in [1.807, 2.05) is 6.20 Å². The van der Waals surface area contributed by atoms with E-state index in [1.54, 1.807) is 0 Å². The van der Waals surface area contributed by atoms with Gasteiger partial charge in [0.05, 0.1) is 0 Å². The van der Waals surface area contributed by atoms with Crippen molar-refractivity contribution in [3.8, 4) is 0 Å². The van der Waals surface area contributed by atoms with Crippen molar-refractivity contribution in [3.05, 3.63) is 23.9 Å². The van der Waals surface area contributed by atoms with Gasteiger partial charge in [0, 0.05) is 31.9 Å².